The highest BCUT2D eigenvalue weighted by Crippen LogP contribution is 2.22. The maximum atomic E-state index is 11.0. The molecule has 0 saturated carbocycles. The second kappa shape index (κ2) is 7.28. The van der Waals surface area contributed by atoms with Crippen molar-refractivity contribution in [2.24, 2.45) is 5.73 Å². The van der Waals surface area contributed by atoms with E-state index in [1.807, 2.05) is 48.5 Å². The summed E-state index contributed by atoms with van der Waals surface area (Å²) in [7, 11) is 0. The summed E-state index contributed by atoms with van der Waals surface area (Å²) in [4.78, 5) is 15.1. The number of ether oxygens (including phenoxy) is 2. The molecule has 24 heavy (non-hydrogen) atoms. The molecule has 0 fully saturated rings. The van der Waals surface area contributed by atoms with Crippen molar-refractivity contribution in [2.45, 2.75) is 6.61 Å². The third-order valence-electron chi connectivity index (χ3n) is 3.33. The lowest BCUT2D eigenvalue weighted by Gasteiger charge is -2.08. The molecule has 5 nitrogen and oxygen atoms in total. The number of benzene rings is 2. The van der Waals surface area contributed by atoms with Gasteiger partial charge in [0.25, 0.3) is 0 Å². The Balaban J connectivity index is 1.57. The van der Waals surface area contributed by atoms with Crippen LogP contribution < -0.4 is 15.2 Å². The van der Waals surface area contributed by atoms with Gasteiger partial charge < -0.3 is 15.2 Å². The molecule has 0 radical (unpaired) electrons. The van der Waals surface area contributed by atoms with E-state index in [0.717, 1.165) is 11.3 Å². The van der Waals surface area contributed by atoms with Crippen LogP contribution >= 0.6 is 0 Å². The Hall–Kier alpha value is -3.34. The van der Waals surface area contributed by atoms with Crippen molar-refractivity contribution in [2.75, 3.05) is 0 Å². The van der Waals surface area contributed by atoms with Gasteiger partial charge in [-0.1, -0.05) is 18.2 Å². The van der Waals surface area contributed by atoms with Crippen LogP contribution in [-0.4, -0.2) is 10.9 Å². The molecule has 3 rings (SSSR count). The Morgan fingerprint density at radius 2 is 1.62 bits per heavy atom. The molecule has 1 amide bonds. The van der Waals surface area contributed by atoms with E-state index >= 15 is 0 Å². The smallest absolute Gasteiger partial charge is 0.248 e. The van der Waals surface area contributed by atoms with Crippen LogP contribution in [0.5, 0.6) is 17.4 Å². The van der Waals surface area contributed by atoms with Crippen LogP contribution in [0.15, 0.2) is 72.9 Å². The van der Waals surface area contributed by atoms with Crippen molar-refractivity contribution >= 4 is 5.91 Å². The van der Waals surface area contributed by atoms with E-state index < -0.39 is 5.91 Å². The van der Waals surface area contributed by atoms with Gasteiger partial charge in [-0.05, 0) is 48.0 Å². The minimum Gasteiger partial charge on any atom is -0.489 e. The summed E-state index contributed by atoms with van der Waals surface area (Å²) in [6.45, 7) is 0.402. The van der Waals surface area contributed by atoms with Gasteiger partial charge in [0.15, 0.2) is 0 Å². The van der Waals surface area contributed by atoms with E-state index in [4.69, 9.17) is 15.2 Å². The van der Waals surface area contributed by atoms with Crippen LogP contribution in [-0.2, 0) is 6.61 Å². The van der Waals surface area contributed by atoms with E-state index in [0.29, 0.717) is 23.8 Å². The molecule has 1 aromatic heterocycles. The number of primary amides is 1. The van der Waals surface area contributed by atoms with Crippen LogP contribution in [0.1, 0.15) is 15.9 Å². The Labute approximate surface area is 139 Å². The lowest BCUT2D eigenvalue weighted by atomic mass is 10.1. The molecule has 0 saturated heterocycles. The molecule has 2 N–H and O–H groups in total. The van der Waals surface area contributed by atoms with Crippen LogP contribution in [0, 0.1) is 0 Å². The maximum absolute atomic E-state index is 11.0. The first-order valence-corrected chi connectivity index (χ1v) is 7.41. The number of carbonyl (C=O) groups excluding carboxylic acids is 1. The normalized spacial score (nSPS) is 10.2. The number of pyridine rings is 1. The van der Waals surface area contributed by atoms with Gasteiger partial charge in [-0.2, -0.15) is 0 Å². The highest BCUT2D eigenvalue weighted by Gasteiger charge is 2.02. The molecule has 3 aromatic rings. The quantitative estimate of drug-likeness (QED) is 0.753. The standard InChI is InChI=1S/C19H16N2O3/c20-19(22)15-6-4-14(5-7-15)13-23-16-8-10-17(11-9-16)24-18-3-1-2-12-21-18/h1-12H,13H2,(H2,20,22). The zero-order valence-corrected chi connectivity index (χ0v) is 12.9. The van der Waals surface area contributed by atoms with Gasteiger partial charge in [-0.15, -0.1) is 0 Å². The van der Waals surface area contributed by atoms with Crippen molar-refractivity contribution in [3.05, 3.63) is 84.1 Å². The summed E-state index contributed by atoms with van der Waals surface area (Å²) in [6, 6.07) is 19.8. The predicted octanol–water partition coefficient (Wildman–Crippen LogP) is 3.55. The van der Waals surface area contributed by atoms with Crippen LogP contribution in [0.2, 0.25) is 0 Å². The van der Waals surface area contributed by atoms with Crippen LogP contribution in [0.25, 0.3) is 0 Å². The molecule has 120 valence electrons. The fourth-order valence-corrected chi connectivity index (χ4v) is 2.06. The summed E-state index contributed by atoms with van der Waals surface area (Å²) < 4.78 is 11.3. The number of nitrogens with two attached hydrogens (primary N) is 1. The first kappa shape index (κ1) is 15.6. The average molecular weight is 320 g/mol. The molecule has 0 spiro atoms. The van der Waals surface area contributed by atoms with Gasteiger partial charge in [0.05, 0.1) is 0 Å². The summed E-state index contributed by atoms with van der Waals surface area (Å²) in [5.41, 5.74) is 6.65. The fraction of sp³-hybridized carbons (Fsp3) is 0.0526. The van der Waals surface area contributed by atoms with E-state index in [1.54, 1.807) is 24.4 Å². The average Bonchev–Trinajstić information content (AvgIpc) is 2.62. The fourth-order valence-electron chi connectivity index (χ4n) is 2.06. The largest absolute Gasteiger partial charge is 0.489 e. The number of hydrogen-bond acceptors (Lipinski definition) is 4. The van der Waals surface area contributed by atoms with Crippen molar-refractivity contribution in [3.8, 4) is 17.4 Å². The van der Waals surface area contributed by atoms with E-state index in [9.17, 15) is 4.79 Å². The zero-order valence-electron chi connectivity index (χ0n) is 12.9. The molecule has 0 aliphatic carbocycles. The molecule has 0 atom stereocenters. The van der Waals surface area contributed by atoms with Crippen LogP contribution in [0.4, 0.5) is 0 Å². The van der Waals surface area contributed by atoms with Gasteiger partial charge in [-0.25, -0.2) is 4.98 Å². The number of carbonyl (C=O) groups is 1. The van der Waals surface area contributed by atoms with E-state index in [-0.39, 0.29) is 0 Å². The third kappa shape index (κ3) is 4.10. The minimum absolute atomic E-state index is 0.402. The topological polar surface area (TPSA) is 74.4 Å². The van der Waals surface area contributed by atoms with Crippen molar-refractivity contribution in [1.29, 1.82) is 0 Å². The number of aromatic nitrogens is 1. The molecule has 0 bridgehead atoms. The SMILES string of the molecule is NC(=O)c1ccc(COc2ccc(Oc3ccccn3)cc2)cc1. The Morgan fingerprint density at radius 1 is 0.917 bits per heavy atom. The van der Waals surface area contributed by atoms with Gasteiger partial charge in [0, 0.05) is 17.8 Å². The van der Waals surface area contributed by atoms with E-state index in [2.05, 4.69) is 4.98 Å². The highest BCUT2D eigenvalue weighted by molar-refractivity contribution is 5.92. The van der Waals surface area contributed by atoms with Crippen molar-refractivity contribution in [3.63, 3.8) is 0 Å². The Morgan fingerprint density at radius 3 is 2.25 bits per heavy atom. The molecule has 1 heterocycles. The Bertz CT molecular complexity index is 800. The zero-order chi connectivity index (χ0) is 16.8. The minimum atomic E-state index is -0.439. The van der Waals surface area contributed by atoms with Gasteiger partial charge in [0.1, 0.15) is 18.1 Å². The van der Waals surface area contributed by atoms with Crippen molar-refractivity contribution in [1.82, 2.24) is 4.98 Å². The van der Waals surface area contributed by atoms with Gasteiger partial charge in [0.2, 0.25) is 11.8 Å². The number of rotatable bonds is 6. The summed E-state index contributed by atoms with van der Waals surface area (Å²) >= 11 is 0. The second-order valence-corrected chi connectivity index (χ2v) is 5.09. The van der Waals surface area contributed by atoms with Gasteiger partial charge in [-0.3, -0.25) is 4.79 Å². The molecule has 0 aliphatic rings. The van der Waals surface area contributed by atoms with E-state index in [1.165, 1.54) is 0 Å². The predicted molar refractivity (Wildman–Crippen MR) is 90.0 cm³/mol. The van der Waals surface area contributed by atoms with Crippen LogP contribution in [0.3, 0.4) is 0 Å². The molecule has 2 aromatic carbocycles. The highest BCUT2D eigenvalue weighted by atomic mass is 16.5. The molecule has 0 unspecified atom stereocenters. The monoisotopic (exact) mass is 320 g/mol. The number of nitrogens with zero attached hydrogens (tertiary/aromatic N) is 1. The van der Waals surface area contributed by atoms with Crippen molar-refractivity contribution < 1.29 is 14.3 Å². The maximum Gasteiger partial charge on any atom is 0.248 e. The molecule has 0 aliphatic heterocycles. The second-order valence-electron chi connectivity index (χ2n) is 5.09. The lowest BCUT2D eigenvalue weighted by molar-refractivity contribution is 0.1000. The lowest BCUT2D eigenvalue weighted by Crippen LogP contribution is -2.10. The Kier molecular flexibility index (Phi) is 4.72. The third-order valence-corrected chi connectivity index (χ3v) is 3.33. The molecular formula is C19H16N2O3. The number of hydrogen-bond donors (Lipinski definition) is 1. The molecule has 5 heteroatoms. The first-order valence-electron chi connectivity index (χ1n) is 7.41. The summed E-state index contributed by atoms with van der Waals surface area (Å²) in [6.07, 6.45) is 1.68. The summed E-state index contributed by atoms with van der Waals surface area (Å²) in [5, 5.41) is 0. The van der Waals surface area contributed by atoms with Gasteiger partial charge >= 0.3 is 0 Å². The first-order chi connectivity index (χ1) is 11.7. The summed E-state index contributed by atoms with van der Waals surface area (Å²) in [5.74, 6) is 1.51. The molecular weight excluding hydrogens is 304 g/mol. The number of amides is 1.